The van der Waals surface area contributed by atoms with Crippen molar-refractivity contribution in [2.24, 2.45) is 0 Å². The van der Waals surface area contributed by atoms with Crippen LogP contribution in [0.1, 0.15) is 11.4 Å². The molecule has 0 aliphatic carbocycles. The minimum atomic E-state index is -0.101. The van der Waals surface area contributed by atoms with Crippen molar-refractivity contribution >= 4 is 17.7 Å². The Balaban J connectivity index is 1.90. The molecule has 1 amide bonds. The third kappa shape index (κ3) is 5.73. The first-order valence-corrected chi connectivity index (χ1v) is 9.23. The summed E-state index contributed by atoms with van der Waals surface area (Å²) in [6.07, 6.45) is 1.75. The molecule has 1 heterocycles. The number of carbonyl (C=O) groups excluding carboxylic acids is 1. The lowest BCUT2D eigenvalue weighted by Crippen LogP contribution is -2.24. The number of hydrogen-bond donors (Lipinski definition) is 1. The Morgan fingerprint density at radius 3 is 2.70 bits per heavy atom. The molecule has 8 nitrogen and oxygen atoms in total. The lowest BCUT2D eigenvalue weighted by Gasteiger charge is -2.10. The van der Waals surface area contributed by atoms with Gasteiger partial charge in [-0.05, 0) is 17.7 Å². The molecule has 0 spiro atoms. The second kappa shape index (κ2) is 10.6. The molecule has 1 N–H and O–H groups in total. The number of nitrogens with zero attached hydrogens (tertiary/aromatic N) is 3. The van der Waals surface area contributed by atoms with E-state index in [0.29, 0.717) is 42.2 Å². The molecule has 0 aliphatic rings. The summed E-state index contributed by atoms with van der Waals surface area (Å²) >= 11 is 1.32. The molecule has 1 aromatic heterocycles. The van der Waals surface area contributed by atoms with Gasteiger partial charge in [0.25, 0.3) is 0 Å². The summed E-state index contributed by atoms with van der Waals surface area (Å²) in [6, 6.07) is 5.53. The molecule has 0 saturated carbocycles. The number of carbonyl (C=O) groups is 1. The summed E-state index contributed by atoms with van der Waals surface area (Å²) in [5.74, 6) is 2.11. The highest BCUT2D eigenvalue weighted by molar-refractivity contribution is 7.99. The van der Waals surface area contributed by atoms with E-state index in [0.717, 1.165) is 5.56 Å². The second-order valence-corrected chi connectivity index (χ2v) is 6.43. The standard InChI is InChI=1S/C18H24N4O4S/c1-5-8-22-16(11-24-2)20-21-18(22)27-12-17(23)19-10-13-6-7-14(25-3)15(9-13)26-4/h5-7,9H,1,8,10-12H2,2-4H3,(H,19,23). The van der Waals surface area contributed by atoms with E-state index in [1.54, 1.807) is 27.4 Å². The van der Waals surface area contributed by atoms with Gasteiger partial charge in [-0.25, -0.2) is 0 Å². The fraction of sp³-hybridized carbons (Fsp3) is 0.389. The SMILES string of the molecule is C=CCn1c(COC)nnc1SCC(=O)NCc1ccc(OC)c(OC)c1. The zero-order valence-corrected chi connectivity index (χ0v) is 16.5. The van der Waals surface area contributed by atoms with E-state index in [1.165, 1.54) is 11.8 Å². The number of allylic oxidation sites excluding steroid dienone is 1. The maximum absolute atomic E-state index is 12.2. The zero-order chi connectivity index (χ0) is 19.6. The van der Waals surface area contributed by atoms with Gasteiger partial charge in [-0.15, -0.1) is 16.8 Å². The summed E-state index contributed by atoms with van der Waals surface area (Å²) < 4.78 is 17.5. The molecule has 9 heteroatoms. The lowest BCUT2D eigenvalue weighted by molar-refractivity contribution is -0.118. The van der Waals surface area contributed by atoms with Crippen LogP contribution in [0.15, 0.2) is 36.0 Å². The van der Waals surface area contributed by atoms with Crippen molar-refractivity contribution < 1.29 is 19.0 Å². The molecule has 0 atom stereocenters. The minimum absolute atomic E-state index is 0.101. The van der Waals surface area contributed by atoms with Crippen LogP contribution < -0.4 is 14.8 Å². The highest BCUT2D eigenvalue weighted by atomic mass is 32.2. The third-order valence-electron chi connectivity index (χ3n) is 3.65. The van der Waals surface area contributed by atoms with Gasteiger partial charge >= 0.3 is 0 Å². The van der Waals surface area contributed by atoms with E-state index in [4.69, 9.17) is 14.2 Å². The average molecular weight is 392 g/mol. The van der Waals surface area contributed by atoms with Crippen LogP contribution in [0.25, 0.3) is 0 Å². The van der Waals surface area contributed by atoms with Crippen LogP contribution in [0.2, 0.25) is 0 Å². The first-order chi connectivity index (χ1) is 13.1. The van der Waals surface area contributed by atoms with Crippen LogP contribution in [-0.2, 0) is 29.2 Å². The number of amides is 1. The van der Waals surface area contributed by atoms with Crippen molar-refractivity contribution in [3.63, 3.8) is 0 Å². The number of hydrogen-bond acceptors (Lipinski definition) is 7. The van der Waals surface area contributed by atoms with Crippen molar-refractivity contribution in [1.29, 1.82) is 0 Å². The van der Waals surface area contributed by atoms with Gasteiger partial charge in [0.1, 0.15) is 6.61 Å². The predicted octanol–water partition coefficient (Wildman–Crippen LogP) is 2.04. The first-order valence-electron chi connectivity index (χ1n) is 8.25. The van der Waals surface area contributed by atoms with E-state index < -0.39 is 0 Å². The highest BCUT2D eigenvalue weighted by Gasteiger charge is 2.13. The van der Waals surface area contributed by atoms with Gasteiger partial charge in [0.2, 0.25) is 5.91 Å². The highest BCUT2D eigenvalue weighted by Crippen LogP contribution is 2.27. The summed E-state index contributed by atoms with van der Waals surface area (Å²) in [5, 5.41) is 11.8. The number of rotatable bonds is 11. The van der Waals surface area contributed by atoms with E-state index in [9.17, 15) is 4.79 Å². The molecule has 1 aromatic carbocycles. The van der Waals surface area contributed by atoms with Crippen molar-refractivity contribution in [3.05, 3.63) is 42.2 Å². The molecule has 2 rings (SSSR count). The molecule has 2 aromatic rings. The van der Waals surface area contributed by atoms with Crippen molar-refractivity contribution in [2.75, 3.05) is 27.1 Å². The minimum Gasteiger partial charge on any atom is -0.493 e. The number of nitrogens with one attached hydrogen (secondary N) is 1. The Hall–Kier alpha value is -2.52. The quantitative estimate of drug-likeness (QED) is 0.462. The van der Waals surface area contributed by atoms with Gasteiger partial charge in [0.15, 0.2) is 22.5 Å². The lowest BCUT2D eigenvalue weighted by atomic mass is 10.2. The van der Waals surface area contributed by atoms with Gasteiger partial charge in [-0.1, -0.05) is 23.9 Å². The summed E-state index contributed by atoms with van der Waals surface area (Å²) in [5.41, 5.74) is 0.920. The number of ether oxygens (including phenoxy) is 3. The molecular weight excluding hydrogens is 368 g/mol. The molecule has 27 heavy (non-hydrogen) atoms. The van der Waals surface area contributed by atoms with Crippen LogP contribution in [-0.4, -0.2) is 47.8 Å². The fourth-order valence-corrected chi connectivity index (χ4v) is 3.14. The molecule has 0 bridgehead atoms. The molecular formula is C18H24N4O4S. The Labute approximate surface area is 162 Å². The van der Waals surface area contributed by atoms with E-state index >= 15 is 0 Å². The van der Waals surface area contributed by atoms with Gasteiger partial charge in [0.05, 0.1) is 20.0 Å². The number of benzene rings is 1. The number of methoxy groups -OCH3 is 3. The van der Waals surface area contributed by atoms with Crippen LogP contribution in [0.3, 0.4) is 0 Å². The summed E-state index contributed by atoms with van der Waals surface area (Å²) in [7, 11) is 4.76. The Morgan fingerprint density at radius 1 is 1.26 bits per heavy atom. The monoisotopic (exact) mass is 392 g/mol. The Morgan fingerprint density at radius 2 is 2.04 bits per heavy atom. The van der Waals surface area contributed by atoms with Gasteiger partial charge in [-0.3, -0.25) is 4.79 Å². The molecule has 146 valence electrons. The number of thioether (sulfide) groups is 1. The molecule has 0 fully saturated rings. The van der Waals surface area contributed by atoms with E-state index in [2.05, 4.69) is 22.1 Å². The molecule has 0 radical (unpaired) electrons. The van der Waals surface area contributed by atoms with Crippen molar-refractivity contribution in [3.8, 4) is 11.5 Å². The maximum atomic E-state index is 12.2. The van der Waals surface area contributed by atoms with Crippen LogP contribution in [0.5, 0.6) is 11.5 Å². The smallest absolute Gasteiger partial charge is 0.230 e. The molecule has 0 aliphatic heterocycles. The Bertz CT molecular complexity index is 779. The molecule has 0 unspecified atom stereocenters. The molecule has 0 saturated heterocycles. The van der Waals surface area contributed by atoms with Gasteiger partial charge in [0, 0.05) is 20.2 Å². The maximum Gasteiger partial charge on any atom is 0.230 e. The van der Waals surface area contributed by atoms with E-state index in [-0.39, 0.29) is 11.7 Å². The van der Waals surface area contributed by atoms with Crippen LogP contribution in [0.4, 0.5) is 0 Å². The predicted molar refractivity (Wildman–Crippen MR) is 103 cm³/mol. The fourth-order valence-electron chi connectivity index (χ4n) is 2.35. The largest absolute Gasteiger partial charge is 0.493 e. The topological polar surface area (TPSA) is 87.5 Å². The summed E-state index contributed by atoms with van der Waals surface area (Å²) in [6.45, 7) is 5.05. The van der Waals surface area contributed by atoms with Crippen molar-refractivity contribution in [2.45, 2.75) is 24.9 Å². The van der Waals surface area contributed by atoms with Crippen molar-refractivity contribution in [1.82, 2.24) is 20.1 Å². The van der Waals surface area contributed by atoms with Crippen LogP contribution in [0, 0.1) is 0 Å². The van der Waals surface area contributed by atoms with Gasteiger partial charge < -0.3 is 24.1 Å². The van der Waals surface area contributed by atoms with E-state index in [1.807, 2.05) is 22.8 Å². The Kier molecular flexibility index (Phi) is 8.15. The average Bonchev–Trinajstić information content (AvgIpc) is 3.06. The summed E-state index contributed by atoms with van der Waals surface area (Å²) in [4.78, 5) is 12.2. The van der Waals surface area contributed by atoms with Crippen LogP contribution >= 0.6 is 11.8 Å². The zero-order valence-electron chi connectivity index (χ0n) is 15.7. The number of aromatic nitrogens is 3. The normalized spacial score (nSPS) is 10.5. The second-order valence-electron chi connectivity index (χ2n) is 5.49. The van der Waals surface area contributed by atoms with Gasteiger partial charge in [-0.2, -0.15) is 0 Å². The first kappa shape index (κ1) is 20.8. The third-order valence-corrected chi connectivity index (χ3v) is 4.62.